The van der Waals surface area contributed by atoms with E-state index in [0.717, 1.165) is 19.4 Å². The van der Waals surface area contributed by atoms with E-state index in [1.807, 2.05) is 18.2 Å². The van der Waals surface area contributed by atoms with Gasteiger partial charge in [0.15, 0.2) is 0 Å². The van der Waals surface area contributed by atoms with Crippen molar-refractivity contribution in [2.24, 2.45) is 0 Å². The van der Waals surface area contributed by atoms with E-state index in [4.69, 9.17) is 4.42 Å². The Labute approximate surface area is 119 Å². The summed E-state index contributed by atoms with van der Waals surface area (Å²) in [5.74, 6) is -0.0739. The van der Waals surface area contributed by atoms with Crippen molar-refractivity contribution in [1.82, 2.24) is 5.32 Å². The summed E-state index contributed by atoms with van der Waals surface area (Å²) in [6.07, 6.45) is 4.96. The third kappa shape index (κ3) is 4.16. The number of unbranched alkanes of at least 4 members (excludes halogenated alkanes) is 1. The van der Waals surface area contributed by atoms with Gasteiger partial charge in [-0.15, -0.1) is 0 Å². The Bertz CT molecular complexity index is 509. The van der Waals surface area contributed by atoms with Crippen LogP contribution in [0.5, 0.6) is 0 Å². The van der Waals surface area contributed by atoms with Crippen LogP contribution in [0, 0.1) is 0 Å². The second-order valence-corrected chi connectivity index (χ2v) is 4.73. The van der Waals surface area contributed by atoms with Gasteiger partial charge in [-0.3, -0.25) is 4.79 Å². The summed E-state index contributed by atoms with van der Waals surface area (Å²) < 4.78 is 4.88. The summed E-state index contributed by atoms with van der Waals surface area (Å²) >= 11 is 0. The van der Waals surface area contributed by atoms with Crippen LogP contribution in [-0.2, 0) is 0 Å². The molecule has 2 aromatic rings. The van der Waals surface area contributed by atoms with Gasteiger partial charge in [0.25, 0.3) is 5.91 Å². The van der Waals surface area contributed by atoms with Gasteiger partial charge in [0.2, 0.25) is 0 Å². The second-order valence-electron chi connectivity index (χ2n) is 4.73. The Morgan fingerprint density at radius 3 is 2.70 bits per heavy atom. The van der Waals surface area contributed by atoms with Crippen molar-refractivity contribution in [3.05, 3.63) is 54.5 Å². The van der Waals surface area contributed by atoms with Crippen LogP contribution in [0.3, 0.4) is 0 Å². The van der Waals surface area contributed by atoms with Crippen molar-refractivity contribution in [2.75, 3.05) is 25.0 Å². The molecule has 0 fully saturated rings. The smallest absolute Gasteiger partial charge is 0.254 e. The van der Waals surface area contributed by atoms with Crippen LogP contribution in [0.1, 0.15) is 23.2 Å². The number of nitrogens with zero attached hydrogens (tertiary/aromatic N) is 1. The van der Waals surface area contributed by atoms with Crippen LogP contribution in [-0.4, -0.2) is 26.0 Å². The Balaban J connectivity index is 1.61. The van der Waals surface area contributed by atoms with Crippen molar-refractivity contribution < 1.29 is 9.21 Å². The monoisotopic (exact) mass is 272 g/mol. The molecule has 1 aromatic carbocycles. The Morgan fingerprint density at radius 2 is 2.00 bits per heavy atom. The van der Waals surface area contributed by atoms with Gasteiger partial charge in [-0.25, -0.2) is 0 Å². The fourth-order valence-electron chi connectivity index (χ4n) is 1.98. The topological polar surface area (TPSA) is 45.5 Å². The Kier molecular flexibility index (Phi) is 5.24. The summed E-state index contributed by atoms with van der Waals surface area (Å²) in [7, 11) is 2.08. The molecule has 0 aliphatic heterocycles. The number of hydrogen-bond acceptors (Lipinski definition) is 3. The molecule has 0 atom stereocenters. The fraction of sp³-hybridized carbons (Fsp3) is 0.312. The SMILES string of the molecule is CN(CCCCNC(=O)c1ccoc1)c1ccccc1. The number of carbonyl (C=O) groups excluding carboxylic acids is 1. The minimum absolute atomic E-state index is 0.0739. The zero-order valence-corrected chi connectivity index (χ0v) is 11.7. The molecule has 106 valence electrons. The van der Waals surface area contributed by atoms with Gasteiger partial charge in [0.05, 0.1) is 11.8 Å². The van der Waals surface area contributed by atoms with Gasteiger partial charge in [-0.1, -0.05) is 18.2 Å². The number of furan rings is 1. The number of carbonyl (C=O) groups is 1. The number of benzene rings is 1. The lowest BCUT2D eigenvalue weighted by molar-refractivity contribution is 0.0952. The van der Waals surface area contributed by atoms with E-state index < -0.39 is 0 Å². The van der Waals surface area contributed by atoms with Crippen molar-refractivity contribution in [3.63, 3.8) is 0 Å². The molecule has 4 nitrogen and oxygen atoms in total. The predicted molar refractivity (Wildman–Crippen MR) is 80.0 cm³/mol. The lowest BCUT2D eigenvalue weighted by Gasteiger charge is -2.19. The number of nitrogens with one attached hydrogen (secondary N) is 1. The lowest BCUT2D eigenvalue weighted by atomic mass is 10.2. The van der Waals surface area contributed by atoms with E-state index in [9.17, 15) is 4.79 Å². The number of anilines is 1. The molecule has 0 spiro atoms. The van der Waals surface area contributed by atoms with Crippen molar-refractivity contribution in [3.8, 4) is 0 Å². The maximum absolute atomic E-state index is 11.6. The molecule has 1 heterocycles. The molecule has 4 heteroatoms. The first-order valence-electron chi connectivity index (χ1n) is 6.84. The summed E-state index contributed by atoms with van der Waals surface area (Å²) in [6.45, 7) is 1.66. The summed E-state index contributed by atoms with van der Waals surface area (Å²) in [5.41, 5.74) is 1.79. The van der Waals surface area contributed by atoms with Crippen LogP contribution >= 0.6 is 0 Å². The maximum Gasteiger partial charge on any atom is 0.254 e. The highest BCUT2D eigenvalue weighted by atomic mass is 16.3. The first kappa shape index (κ1) is 14.2. The molecule has 0 saturated heterocycles. The van der Waals surface area contributed by atoms with Crippen LogP contribution in [0.2, 0.25) is 0 Å². The van der Waals surface area contributed by atoms with Crippen LogP contribution in [0.4, 0.5) is 5.69 Å². The molecular formula is C16H20N2O2. The van der Waals surface area contributed by atoms with Gasteiger partial charge in [-0.05, 0) is 31.0 Å². The van der Waals surface area contributed by atoms with Gasteiger partial charge >= 0.3 is 0 Å². The molecule has 1 amide bonds. The third-order valence-electron chi connectivity index (χ3n) is 3.19. The van der Waals surface area contributed by atoms with E-state index in [0.29, 0.717) is 12.1 Å². The maximum atomic E-state index is 11.6. The Hall–Kier alpha value is -2.23. The molecule has 1 aromatic heterocycles. The molecule has 0 radical (unpaired) electrons. The van der Waals surface area contributed by atoms with Gasteiger partial charge in [0, 0.05) is 25.8 Å². The largest absolute Gasteiger partial charge is 0.472 e. The average Bonchev–Trinajstić information content (AvgIpc) is 3.01. The number of para-hydroxylation sites is 1. The summed E-state index contributed by atoms with van der Waals surface area (Å²) in [4.78, 5) is 13.9. The summed E-state index contributed by atoms with van der Waals surface area (Å²) in [5, 5.41) is 2.88. The fourth-order valence-corrected chi connectivity index (χ4v) is 1.98. The normalized spacial score (nSPS) is 10.2. The van der Waals surface area contributed by atoms with Crippen molar-refractivity contribution >= 4 is 11.6 Å². The first-order valence-corrected chi connectivity index (χ1v) is 6.84. The molecule has 0 aliphatic carbocycles. The van der Waals surface area contributed by atoms with E-state index in [1.54, 1.807) is 6.07 Å². The number of rotatable bonds is 7. The molecule has 0 saturated carbocycles. The van der Waals surface area contributed by atoms with Crippen molar-refractivity contribution in [1.29, 1.82) is 0 Å². The Morgan fingerprint density at radius 1 is 1.20 bits per heavy atom. The number of amides is 1. The van der Waals surface area contributed by atoms with Crippen LogP contribution in [0.25, 0.3) is 0 Å². The minimum Gasteiger partial charge on any atom is -0.472 e. The predicted octanol–water partition coefficient (Wildman–Crippen LogP) is 2.93. The molecule has 2 rings (SSSR count). The molecule has 0 aliphatic rings. The molecule has 0 unspecified atom stereocenters. The van der Waals surface area contributed by atoms with E-state index in [1.165, 1.54) is 18.2 Å². The molecule has 20 heavy (non-hydrogen) atoms. The zero-order chi connectivity index (χ0) is 14.2. The first-order chi connectivity index (χ1) is 9.77. The van der Waals surface area contributed by atoms with Crippen LogP contribution in [0.15, 0.2) is 53.3 Å². The molecule has 1 N–H and O–H groups in total. The highest BCUT2D eigenvalue weighted by molar-refractivity contribution is 5.93. The average molecular weight is 272 g/mol. The van der Waals surface area contributed by atoms with Gasteiger partial charge in [0.1, 0.15) is 6.26 Å². The van der Waals surface area contributed by atoms with Crippen LogP contribution < -0.4 is 10.2 Å². The lowest BCUT2D eigenvalue weighted by Crippen LogP contribution is -2.25. The molecular weight excluding hydrogens is 252 g/mol. The summed E-state index contributed by atoms with van der Waals surface area (Å²) in [6, 6.07) is 12.0. The minimum atomic E-state index is -0.0739. The highest BCUT2D eigenvalue weighted by Crippen LogP contribution is 2.11. The van der Waals surface area contributed by atoms with E-state index in [-0.39, 0.29) is 5.91 Å². The quantitative estimate of drug-likeness (QED) is 0.788. The standard InChI is InChI=1S/C16H20N2O2/c1-18(15-7-3-2-4-8-15)11-6-5-10-17-16(19)14-9-12-20-13-14/h2-4,7-9,12-13H,5-6,10-11H2,1H3,(H,17,19). The molecule has 0 bridgehead atoms. The van der Waals surface area contributed by atoms with Crippen molar-refractivity contribution in [2.45, 2.75) is 12.8 Å². The zero-order valence-electron chi connectivity index (χ0n) is 11.7. The van der Waals surface area contributed by atoms with Gasteiger partial charge in [-0.2, -0.15) is 0 Å². The van der Waals surface area contributed by atoms with Gasteiger partial charge < -0.3 is 14.6 Å². The van der Waals surface area contributed by atoms with E-state index in [2.05, 4.69) is 29.4 Å². The third-order valence-corrected chi connectivity index (χ3v) is 3.19. The highest BCUT2D eigenvalue weighted by Gasteiger charge is 2.05. The second kappa shape index (κ2) is 7.38. The van der Waals surface area contributed by atoms with E-state index >= 15 is 0 Å². The number of hydrogen-bond donors (Lipinski definition) is 1.